The largest absolute Gasteiger partial charge is 0.454 e. The van der Waals surface area contributed by atoms with Crippen molar-refractivity contribution in [1.29, 1.82) is 0 Å². The SMILES string of the molecule is CC1OC(=O)C(c2cccc(F)c2)=C1c1ccc(S(N)(=O)=O)cc1. The molecule has 124 valence electrons. The van der Waals surface area contributed by atoms with Crippen LogP contribution in [0.25, 0.3) is 11.1 Å². The fourth-order valence-corrected chi connectivity index (χ4v) is 3.23. The van der Waals surface area contributed by atoms with Crippen molar-refractivity contribution in [3.8, 4) is 0 Å². The summed E-state index contributed by atoms with van der Waals surface area (Å²) in [4.78, 5) is 12.2. The number of cyclic esters (lactones) is 1. The number of carbonyl (C=O) groups excluding carboxylic acids is 1. The summed E-state index contributed by atoms with van der Waals surface area (Å²) in [7, 11) is -3.80. The molecule has 0 saturated heterocycles. The molecule has 0 bridgehead atoms. The summed E-state index contributed by atoms with van der Waals surface area (Å²) >= 11 is 0. The third-order valence-corrected chi connectivity index (χ3v) is 4.70. The molecule has 1 aliphatic heterocycles. The molecule has 7 heteroatoms. The highest BCUT2D eigenvalue weighted by atomic mass is 32.2. The van der Waals surface area contributed by atoms with Crippen LogP contribution in [-0.4, -0.2) is 20.5 Å². The lowest BCUT2D eigenvalue weighted by molar-refractivity contribution is -0.136. The number of nitrogens with two attached hydrogens (primary N) is 1. The number of hydrogen-bond acceptors (Lipinski definition) is 4. The number of halogens is 1. The highest BCUT2D eigenvalue weighted by Crippen LogP contribution is 2.37. The molecule has 1 heterocycles. The van der Waals surface area contributed by atoms with E-state index in [2.05, 4.69) is 0 Å². The summed E-state index contributed by atoms with van der Waals surface area (Å²) < 4.78 is 41.5. The first kappa shape index (κ1) is 16.4. The van der Waals surface area contributed by atoms with Crippen molar-refractivity contribution in [2.45, 2.75) is 17.9 Å². The normalized spacial score (nSPS) is 18.0. The van der Waals surface area contributed by atoms with Crippen LogP contribution in [0.4, 0.5) is 4.39 Å². The Morgan fingerprint density at radius 2 is 1.75 bits per heavy atom. The highest BCUT2D eigenvalue weighted by molar-refractivity contribution is 7.89. The van der Waals surface area contributed by atoms with Gasteiger partial charge in [0.25, 0.3) is 0 Å². The highest BCUT2D eigenvalue weighted by Gasteiger charge is 2.33. The van der Waals surface area contributed by atoms with Crippen molar-refractivity contribution < 1.29 is 22.3 Å². The standard InChI is InChI=1S/C17H14FNO4S/c1-10-15(11-5-7-14(8-6-11)24(19,21)22)16(17(20)23-10)12-3-2-4-13(18)9-12/h2-10H,1H3,(H2,19,21,22). The number of benzene rings is 2. The van der Waals surface area contributed by atoms with E-state index < -0.39 is 27.9 Å². The van der Waals surface area contributed by atoms with Gasteiger partial charge in [0.15, 0.2) is 0 Å². The van der Waals surface area contributed by atoms with Crippen LogP contribution in [0, 0.1) is 5.82 Å². The summed E-state index contributed by atoms with van der Waals surface area (Å²) in [5.41, 5.74) is 1.87. The fraction of sp³-hybridized carbons (Fsp3) is 0.118. The molecule has 0 aromatic heterocycles. The number of carbonyl (C=O) groups is 1. The molecule has 3 rings (SSSR count). The Morgan fingerprint density at radius 3 is 2.33 bits per heavy atom. The lowest BCUT2D eigenvalue weighted by atomic mass is 9.93. The molecule has 1 unspecified atom stereocenters. The first-order chi connectivity index (χ1) is 11.3. The molecule has 2 aromatic rings. The molecule has 1 atom stereocenters. The molecular weight excluding hydrogens is 333 g/mol. The molecule has 0 radical (unpaired) electrons. The third kappa shape index (κ3) is 2.95. The van der Waals surface area contributed by atoms with Gasteiger partial charge >= 0.3 is 5.97 Å². The smallest absolute Gasteiger partial charge is 0.339 e. The fourth-order valence-electron chi connectivity index (χ4n) is 2.71. The summed E-state index contributed by atoms with van der Waals surface area (Å²) in [6, 6.07) is 11.5. The summed E-state index contributed by atoms with van der Waals surface area (Å²) in [6.45, 7) is 1.70. The van der Waals surface area contributed by atoms with E-state index in [4.69, 9.17) is 9.88 Å². The number of rotatable bonds is 3. The molecule has 0 amide bonds. The topological polar surface area (TPSA) is 86.5 Å². The van der Waals surface area contributed by atoms with Crippen molar-refractivity contribution in [2.75, 3.05) is 0 Å². The van der Waals surface area contributed by atoms with Gasteiger partial charge in [-0.3, -0.25) is 0 Å². The summed E-state index contributed by atoms with van der Waals surface area (Å²) in [6.07, 6.45) is -0.531. The second-order valence-corrected chi connectivity index (χ2v) is 6.98. The Bertz CT molecular complexity index is 949. The maximum absolute atomic E-state index is 13.5. The molecule has 2 aromatic carbocycles. The minimum Gasteiger partial charge on any atom is -0.454 e. The molecule has 0 spiro atoms. The third-order valence-electron chi connectivity index (χ3n) is 3.77. The molecule has 24 heavy (non-hydrogen) atoms. The van der Waals surface area contributed by atoms with E-state index in [0.29, 0.717) is 16.7 Å². The van der Waals surface area contributed by atoms with E-state index in [1.54, 1.807) is 25.1 Å². The van der Waals surface area contributed by atoms with Crippen molar-refractivity contribution >= 4 is 27.1 Å². The molecule has 2 N–H and O–H groups in total. The zero-order valence-electron chi connectivity index (χ0n) is 12.7. The first-order valence-electron chi connectivity index (χ1n) is 7.11. The van der Waals surface area contributed by atoms with Crippen molar-refractivity contribution in [2.24, 2.45) is 5.14 Å². The number of sulfonamides is 1. The number of ether oxygens (including phenoxy) is 1. The minimum atomic E-state index is -3.80. The summed E-state index contributed by atoms with van der Waals surface area (Å²) in [5, 5.41) is 5.08. The van der Waals surface area contributed by atoms with Gasteiger partial charge in [0, 0.05) is 5.57 Å². The maximum atomic E-state index is 13.5. The maximum Gasteiger partial charge on any atom is 0.339 e. The number of esters is 1. The van der Waals surface area contributed by atoms with Gasteiger partial charge in [-0.05, 0) is 42.3 Å². The average Bonchev–Trinajstić information content (AvgIpc) is 2.81. The van der Waals surface area contributed by atoms with Crippen LogP contribution < -0.4 is 5.14 Å². The predicted molar refractivity (Wildman–Crippen MR) is 86.6 cm³/mol. The van der Waals surface area contributed by atoms with E-state index >= 15 is 0 Å². The Labute approximate surface area is 138 Å². The molecule has 0 fully saturated rings. The van der Waals surface area contributed by atoms with E-state index in [-0.39, 0.29) is 10.5 Å². The van der Waals surface area contributed by atoms with Crippen LogP contribution in [-0.2, 0) is 19.6 Å². The van der Waals surface area contributed by atoms with Crippen LogP contribution in [0.3, 0.4) is 0 Å². The average molecular weight is 347 g/mol. The zero-order valence-corrected chi connectivity index (χ0v) is 13.5. The molecular formula is C17H14FNO4S. The van der Waals surface area contributed by atoms with Gasteiger partial charge in [0.1, 0.15) is 11.9 Å². The van der Waals surface area contributed by atoms with Gasteiger partial charge in [-0.25, -0.2) is 22.7 Å². The second kappa shape index (κ2) is 5.85. The predicted octanol–water partition coefficient (Wildman–Crippen LogP) is 2.33. The molecule has 1 aliphatic rings. The number of primary sulfonamides is 1. The molecule has 5 nitrogen and oxygen atoms in total. The van der Waals surface area contributed by atoms with Crippen molar-refractivity contribution in [1.82, 2.24) is 0 Å². The van der Waals surface area contributed by atoms with Crippen LogP contribution in [0.5, 0.6) is 0 Å². The van der Waals surface area contributed by atoms with Gasteiger partial charge < -0.3 is 4.74 Å². The quantitative estimate of drug-likeness (QED) is 0.864. The van der Waals surface area contributed by atoms with E-state index in [0.717, 1.165) is 0 Å². The zero-order chi connectivity index (χ0) is 17.5. The van der Waals surface area contributed by atoms with Gasteiger partial charge in [-0.2, -0.15) is 0 Å². The van der Waals surface area contributed by atoms with Gasteiger partial charge in [0.05, 0.1) is 10.5 Å². The van der Waals surface area contributed by atoms with E-state index in [1.165, 1.54) is 30.3 Å². The Hall–Kier alpha value is -2.51. The Morgan fingerprint density at radius 1 is 1.08 bits per heavy atom. The van der Waals surface area contributed by atoms with Crippen LogP contribution in [0.1, 0.15) is 18.1 Å². The van der Waals surface area contributed by atoms with Gasteiger partial charge in [-0.1, -0.05) is 24.3 Å². The van der Waals surface area contributed by atoms with E-state index in [9.17, 15) is 17.6 Å². The minimum absolute atomic E-state index is 0.0305. The summed E-state index contributed by atoms with van der Waals surface area (Å²) in [5.74, 6) is -1.00. The molecule has 0 aliphatic carbocycles. The lowest BCUT2D eigenvalue weighted by Gasteiger charge is -2.10. The van der Waals surface area contributed by atoms with E-state index in [1.807, 2.05) is 0 Å². The monoisotopic (exact) mass is 347 g/mol. The molecule has 0 saturated carbocycles. The van der Waals surface area contributed by atoms with Gasteiger partial charge in [-0.15, -0.1) is 0 Å². The number of hydrogen-bond donors (Lipinski definition) is 1. The van der Waals surface area contributed by atoms with Crippen molar-refractivity contribution in [3.63, 3.8) is 0 Å². The van der Waals surface area contributed by atoms with Crippen LogP contribution >= 0.6 is 0 Å². The van der Waals surface area contributed by atoms with Crippen LogP contribution in [0.15, 0.2) is 53.4 Å². The Balaban J connectivity index is 2.16. The lowest BCUT2D eigenvalue weighted by Crippen LogP contribution is -2.12. The van der Waals surface area contributed by atoms with Gasteiger partial charge in [0.2, 0.25) is 10.0 Å². The van der Waals surface area contributed by atoms with Crippen LogP contribution in [0.2, 0.25) is 0 Å². The first-order valence-corrected chi connectivity index (χ1v) is 8.66. The van der Waals surface area contributed by atoms with Crippen molar-refractivity contribution in [3.05, 3.63) is 65.5 Å². The second-order valence-electron chi connectivity index (χ2n) is 5.42. The Kier molecular flexibility index (Phi) is 3.98.